The maximum atomic E-state index is 11.2. The van der Waals surface area contributed by atoms with Gasteiger partial charge in [0.25, 0.3) is 5.69 Å². The smallest absolute Gasteiger partial charge is 0.292 e. The highest BCUT2D eigenvalue weighted by atomic mass is 79.9. The molecule has 2 aliphatic heterocycles. The monoisotopic (exact) mass is 384 g/mol. The Labute approximate surface area is 144 Å². The van der Waals surface area contributed by atoms with Crippen LogP contribution in [-0.4, -0.2) is 43.4 Å². The number of hydrogen-bond donors (Lipinski definition) is 0. The highest BCUT2D eigenvalue weighted by Crippen LogP contribution is 2.33. The van der Waals surface area contributed by atoms with E-state index in [1.54, 1.807) is 12.1 Å². The highest BCUT2D eigenvalue weighted by molar-refractivity contribution is 9.10. The minimum Gasteiger partial charge on any atom is -0.381 e. The molecule has 2 saturated heterocycles. The van der Waals surface area contributed by atoms with Crippen molar-refractivity contribution < 1.29 is 14.4 Å². The third-order valence-corrected chi connectivity index (χ3v) is 4.96. The van der Waals surface area contributed by atoms with E-state index in [4.69, 9.17) is 9.47 Å². The number of hydrogen-bond acceptors (Lipinski definition) is 5. The molecule has 1 aromatic carbocycles. The summed E-state index contributed by atoms with van der Waals surface area (Å²) in [5.74, 6) is 0. The summed E-state index contributed by atoms with van der Waals surface area (Å²) in [6.45, 7) is 3.14. The van der Waals surface area contributed by atoms with Crippen LogP contribution in [0.25, 0.3) is 0 Å². The Balaban J connectivity index is 1.60. The van der Waals surface area contributed by atoms with Gasteiger partial charge in [-0.1, -0.05) is 15.9 Å². The zero-order chi connectivity index (χ0) is 16.2. The van der Waals surface area contributed by atoms with E-state index < -0.39 is 0 Å². The molecule has 0 aliphatic carbocycles. The molecule has 3 rings (SSSR count). The number of nitrogens with zero attached hydrogens (tertiary/aromatic N) is 2. The van der Waals surface area contributed by atoms with Crippen molar-refractivity contribution in [3.05, 3.63) is 32.8 Å². The lowest BCUT2D eigenvalue weighted by Crippen LogP contribution is -2.39. The number of halogens is 1. The standard InChI is InChI=1S/C16H21BrN2O4/c17-12-1-2-15(19(20)21)16(11-12)18-7-3-13(4-8-18)23-14-5-9-22-10-6-14/h1-2,11,13-14H,3-10H2. The van der Waals surface area contributed by atoms with Gasteiger partial charge in [0.05, 0.1) is 17.1 Å². The van der Waals surface area contributed by atoms with Crippen LogP contribution in [0.15, 0.2) is 22.7 Å². The predicted molar refractivity (Wildman–Crippen MR) is 91.0 cm³/mol. The SMILES string of the molecule is O=[N+]([O-])c1ccc(Br)cc1N1CCC(OC2CCOCC2)CC1. The molecule has 0 aromatic heterocycles. The third kappa shape index (κ3) is 4.22. The van der Waals surface area contributed by atoms with Gasteiger partial charge in [-0.15, -0.1) is 0 Å². The van der Waals surface area contributed by atoms with Gasteiger partial charge in [-0.25, -0.2) is 0 Å². The number of ether oxygens (including phenoxy) is 2. The van der Waals surface area contributed by atoms with Gasteiger partial charge >= 0.3 is 0 Å². The van der Waals surface area contributed by atoms with E-state index in [0.717, 1.165) is 56.5 Å². The van der Waals surface area contributed by atoms with Crippen molar-refractivity contribution in [1.29, 1.82) is 0 Å². The molecule has 23 heavy (non-hydrogen) atoms. The van der Waals surface area contributed by atoms with Gasteiger partial charge in [0.15, 0.2) is 0 Å². The van der Waals surface area contributed by atoms with Crippen molar-refractivity contribution >= 4 is 27.3 Å². The average molecular weight is 385 g/mol. The van der Waals surface area contributed by atoms with Gasteiger partial charge in [-0.05, 0) is 37.8 Å². The molecule has 1 aromatic rings. The predicted octanol–water partition coefficient (Wildman–Crippen LogP) is 3.52. The van der Waals surface area contributed by atoms with Gasteiger partial charge in [0.2, 0.25) is 0 Å². The largest absolute Gasteiger partial charge is 0.381 e. The second-order valence-electron chi connectivity index (χ2n) is 6.02. The van der Waals surface area contributed by atoms with Gasteiger partial charge in [0.1, 0.15) is 5.69 Å². The van der Waals surface area contributed by atoms with E-state index in [1.165, 1.54) is 0 Å². The second-order valence-corrected chi connectivity index (χ2v) is 6.94. The molecule has 2 aliphatic rings. The molecule has 0 spiro atoms. The second kappa shape index (κ2) is 7.59. The summed E-state index contributed by atoms with van der Waals surface area (Å²) in [6, 6.07) is 5.10. The Kier molecular flexibility index (Phi) is 5.50. The van der Waals surface area contributed by atoms with Crippen molar-refractivity contribution in [3.63, 3.8) is 0 Å². The van der Waals surface area contributed by atoms with Gasteiger partial charge in [-0.3, -0.25) is 10.1 Å². The Morgan fingerprint density at radius 3 is 2.48 bits per heavy atom. The maximum absolute atomic E-state index is 11.2. The van der Waals surface area contributed by atoms with E-state index in [0.29, 0.717) is 11.8 Å². The molecule has 6 nitrogen and oxygen atoms in total. The summed E-state index contributed by atoms with van der Waals surface area (Å²) in [6.07, 6.45) is 4.30. The Morgan fingerprint density at radius 1 is 1.17 bits per heavy atom. The lowest BCUT2D eigenvalue weighted by molar-refractivity contribution is -0.384. The quantitative estimate of drug-likeness (QED) is 0.586. The van der Waals surface area contributed by atoms with Crippen LogP contribution >= 0.6 is 15.9 Å². The normalized spacial score (nSPS) is 20.7. The van der Waals surface area contributed by atoms with E-state index >= 15 is 0 Å². The number of nitro benzene ring substituents is 1. The first kappa shape index (κ1) is 16.7. The average Bonchev–Trinajstić information content (AvgIpc) is 2.56. The molecule has 0 bridgehead atoms. The van der Waals surface area contributed by atoms with Crippen molar-refractivity contribution in [2.24, 2.45) is 0 Å². The molecule has 7 heteroatoms. The van der Waals surface area contributed by atoms with Crippen LogP contribution in [0.4, 0.5) is 11.4 Å². The summed E-state index contributed by atoms with van der Waals surface area (Å²) in [5.41, 5.74) is 0.853. The van der Waals surface area contributed by atoms with Crippen LogP contribution in [0.3, 0.4) is 0 Å². The first-order chi connectivity index (χ1) is 11.1. The minimum atomic E-state index is -0.313. The molecule has 2 fully saturated rings. The van der Waals surface area contributed by atoms with Gasteiger partial charge in [-0.2, -0.15) is 0 Å². The fourth-order valence-corrected chi connectivity index (χ4v) is 3.57. The first-order valence-electron chi connectivity index (χ1n) is 8.05. The molecule has 0 amide bonds. The Hall–Kier alpha value is -1.18. The molecule has 0 atom stereocenters. The molecule has 0 N–H and O–H groups in total. The van der Waals surface area contributed by atoms with Crippen LogP contribution < -0.4 is 4.90 Å². The topological polar surface area (TPSA) is 64.8 Å². The Bertz CT molecular complexity index is 555. The fraction of sp³-hybridized carbons (Fsp3) is 0.625. The molecule has 126 valence electrons. The van der Waals surface area contributed by atoms with Crippen LogP contribution in [0.5, 0.6) is 0 Å². The lowest BCUT2D eigenvalue weighted by Gasteiger charge is -2.35. The summed E-state index contributed by atoms with van der Waals surface area (Å²) >= 11 is 3.40. The van der Waals surface area contributed by atoms with E-state index in [2.05, 4.69) is 20.8 Å². The fourth-order valence-electron chi connectivity index (χ4n) is 3.22. The summed E-state index contributed by atoms with van der Waals surface area (Å²) in [4.78, 5) is 13.0. The van der Waals surface area contributed by atoms with Crippen LogP contribution in [0.2, 0.25) is 0 Å². The van der Waals surface area contributed by atoms with Crippen molar-refractivity contribution in [3.8, 4) is 0 Å². The zero-order valence-corrected chi connectivity index (χ0v) is 14.5. The summed E-state index contributed by atoms with van der Waals surface area (Å²) in [7, 11) is 0. The molecular formula is C16H21BrN2O4. The molecule has 0 unspecified atom stereocenters. The molecule has 2 heterocycles. The number of rotatable bonds is 4. The lowest BCUT2D eigenvalue weighted by atomic mass is 10.0. The van der Waals surface area contributed by atoms with Crippen LogP contribution in [0, 0.1) is 10.1 Å². The highest BCUT2D eigenvalue weighted by Gasteiger charge is 2.27. The number of anilines is 1. The Morgan fingerprint density at radius 2 is 1.83 bits per heavy atom. The van der Waals surface area contributed by atoms with E-state index in [-0.39, 0.29) is 16.7 Å². The van der Waals surface area contributed by atoms with E-state index in [1.807, 2.05) is 6.07 Å². The van der Waals surface area contributed by atoms with E-state index in [9.17, 15) is 10.1 Å². The number of benzene rings is 1. The summed E-state index contributed by atoms with van der Waals surface area (Å²) in [5, 5.41) is 11.2. The molecule has 0 saturated carbocycles. The number of piperidine rings is 1. The van der Waals surface area contributed by atoms with Crippen molar-refractivity contribution in [2.75, 3.05) is 31.2 Å². The van der Waals surface area contributed by atoms with Gasteiger partial charge in [0, 0.05) is 36.8 Å². The van der Waals surface area contributed by atoms with Crippen LogP contribution in [0.1, 0.15) is 25.7 Å². The summed E-state index contributed by atoms with van der Waals surface area (Å²) < 4.78 is 12.4. The third-order valence-electron chi connectivity index (χ3n) is 4.47. The maximum Gasteiger partial charge on any atom is 0.292 e. The number of nitro groups is 1. The minimum absolute atomic E-state index is 0.164. The molecule has 0 radical (unpaired) electrons. The van der Waals surface area contributed by atoms with Crippen LogP contribution in [-0.2, 0) is 9.47 Å². The van der Waals surface area contributed by atoms with Crippen molar-refractivity contribution in [1.82, 2.24) is 0 Å². The molecular weight excluding hydrogens is 364 g/mol. The first-order valence-corrected chi connectivity index (χ1v) is 8.85. The van der Waals surface area contributed by atoms with Gasteiger partial charge < -0.3 is 14.4 Å². The zero-order valence-electron chi connectivity index (χ0n) is 12.9. The van der Waals surface area contributed by atoms with Crippen molar-refractivity contribution in [2.45, 2.75) is 37.9 Å².